The molecular formula is C16H12ClN3O3. The number of aromatic nitrogens is 2. The molecule has 1 aromatic heterocycles. The Kier molecular flexibility index (Phi) is 3.83. The van der Waals surface area contributed by atoms with Gasteiger partial charge in [0.1, 0.15) is 17.1 Å². The third kappa shape index (κ3) is 2.57. The van der Waals surface area contributed by atoms with Gasteiger partial charge in [0, 0.05) is 23.1 Å². The lowest BCUT2D eigenvalue weighted by Gasteiger charge is -2.20. The molecule has 0 saturated heterocycles. The van der Waals surface area contributed by atoms with Gasteiger partial charge in [-0.2, -0.15) is 0 Å². The number of fused-ring (bicyclic) bond motifs is 1. The van der Waals surface area contributed by atoms with E-state index in [-0.39, 0.29) is 22.8 Å². The van der Waals surface area contributed by atoms with E-state index in [0.717, 1.165) is 5.56 Å². The number of benzene rings is 1. The first kappa shape index (κ1) is 15.2. The lowest BCUT2D eigenvalue weighted by atomic mass is 9.99. The smallest absolute Gasteiger partial charge is 0.250 e. The van der Waals surface area contributed by atoms with Gasteiger partial charge < -0.3 is 10.1 Å². The van der Waals surface area contributed by atoms with Crippen LogP contribution in [-0.4, -0.2) is 28.6 Å². The van der Waals surface area contributed by atoms with Crippen LogP contribution >= 0.6 is 11.6 Å². The Morgan fingerprint density at radius 2 is 1.74 bits per heavy atom. The lowest BCUT2D eigenvalue weighted by Crippen LogP contribution is -2.29. The number of Topliss-reactive ketones (excluding diaryl/α,β-unsaturated/α-hetero) is 2. The molecule has 1 heterocycles. The van der Waals surface area contributed by atoms with Crippen LogP contribution in [0.2, 0.25) is 5.02 Å². The molecule has 23 heavy (non-hydrogen) atoms. The standard InChI is InChI=1S/C16H12ClN3O3/c1-8-3-4-9(17)7-10(8)20-13-14(21)11-12(19-6-5-18-11)15(22)16(13)23-2/h3-7,20H,1-2H3. The van der Waals surface area contributed by atoms with Crippen molar-refractivity contribution in [2.75, 3.05) is 12.4 Å². The van der Waals surface area contributed by atoms with E-state index in [4.69, 9.17) is 16.3 Å². The summed E-state index contributed by atoms with van der Waals surface area (Å²) in [6.45, 7) is 1.86. The first-order valence-corrected chi connectivity index (χ1v) is 7.12. The van der Waals surface area contributed by atoms with Gasteiger partial charge in [0.25, 0.3) is 5.78 Å². The summed E-state index contributed by atoms with van der Waals surface area (Å²) in [5, 5.41) is 3.45. The van der Waals surface area contributed by atoms with Gasteiger partial charge in [0.05, 0.1) is 7.11 Å². The van der Waals surface area contributed by atoms with Crippen LogP contribution in [0.4, 0.5) is 5.69 Å². The third-order valence-electron chi connectivity index (χ3n) is 3.45. The lowest BCUT2D eigenvalue weighted by molar-refractivity contribution is 0.0899. The summed E-state index contributed by atoms with van der Waals surface area (Å²) in [5.74, 6) is -1.04. The summed E-state index contributed by atoms with van der Waals surface area (Å²) in [5.41, 5.74) is 1.48. The Labute approximate surface area is 137 Å². The van der Waals surface area contributed by atoms with E-state index in [2.05, 4.69) is 15.3 Å². The van der Waals surface area contributed by atoms with Crippen LogP contribution in [-0.2, 0) is 4.74 Å². The second kappa shape index (κ2) is 5.81. The molecule has 0 unspecified atom stereocenters. The van der Waals surface area contributed by atoms with Crippen molar-refractivity contribution < 1.29 is 14.3 Å². The second-order valence-corrected chi connectivity index (χ2v) is 5.34. The molecule has 1 aliphatic carbocycles. The molecule has 1 N–H and O–H groups in total. The predicted octanol–water partition coefficient (Wildman–Crippen LogP) is 2.79. The van der Waals surface area contributed by atoms with Crippen molar-refractivity contribution in [3.63, 3.8) is 0 Å². The molecule has 0 amide bonds. The number of nitrogens with one attached hydrogen (secondary N) is 1. The van der Waals surface area contributed by atoms with Gasteiger partial charge in [-0.3, -0.25) is 9.59 Å². The van der Waals surface area contributed by atoms with Crippen molar-refractivity contribution in [1.82, 2.24) is 9.97 Å². The quantitative estimate of drug-likeness (QED) is 0.932. The van der Waals surface area contributed by atoms with Crippen molar-refractivity contribution in [3.8, 4) is 0 Å². The maximum atomic E-state index is 12.6. The van der Waals surface area contributed by atoms with Crippen LogP contribution in [0.1, 0.15) is 26.5 Å². The molecular weight excluding hydrogens is 318 g/mol. The van der Waals surface area contributed by atoms with E-state index in [0.29, 0.717) is 10.7 Å². The zero-order valence-electron chi connectivity index (χ0n) is 12.4. The van der Waals surface area contributed by atoms with Gasteiger partial charge in [-0.1, -0.05) is 17.7 Å². The molecule has 0 saturated carbocycles. The number of carbonyl (C=O) groups excluding carboxylic acids is 2. The molecule has 1 aliphatic rings. The van der Waals surface area contributed by atoms with Gasteiger partial charge in [0.15, 0.2) is 5.76 Å². The van der Waals surface area contributed by atoms with Crippen LogP contribution in [0.15, 0.2) is 42.0 Å². The maximum Gasteiger partial charge on any atom is 0.250 e. The number of carbonyl (C=O) groups is 2. The molecule has 6 nitrogen and oxygen atoms in total. The van der Waals surface area contributed by atoms with Crippen molar-refractivity contribution in [3.05, 3.63) is 64.0 Å². The van der Waals surface area contributed by atoms with Crippen LogP contribution < -0.4 is 5.32 Å². The molecule has 0 atom stereocenters. The summed E-state index contributed by atoms with van der Waals surface area (Å²) in [6.07, 6.45) is 2.72. The summed E-state index contributed by atoms with van der Waals surface area (Å²) in [7, 11) is 1.33. The van der Waals surface area contributed by atoms with E-state index in [9.17, 15) is 9.59 Å². The summed E-state index contributed by atoms with van der Waals surface area (Å²) in [4.78, 5) is 33.0. The van der Waals surface area contributed by atoms with Crippen LogP contribution in [0.3, 0.4) is 0 Å². The molecule has 0 bridgehead atoms. The minimum Gasteiger partial charge on any atom is -0.491 e. The Balaban J connectivity index is 2.11. The zero-order valence-corrected chi connectivity index (χ0v) is 13.1. The Hall–Kier alpha value is -2.73. The van der Waals surface area contributed by atoms with Crippen molar-refractivity contribution in [2.24, 2.45) is 0 Å². The summed E-state index contributed by atoms with van der Waals surface area (Å²) < 4.78 is 5.13. The fraction of sp³-hybridized carbons (Fsp3) is 0.125. The Morgan fingerprint density at radius 1 is 1.09 bits per heavy atom. The fourth-order valence-corrected chi connectivity index (χ4v) is 2.46. The van der Waals surface area contributed by atoms with Gasteiger partial charge in [-0.05, 0) is 24.6 Å². The highest BCUT2D eigenvalue weighted by Crippen LogP contribution is 2.28. The minimum absolute atomic E-state index is 0.000445. The first-order chi connectivity index (χ1) is 11.0. The summed E-state index contributed by atoms with van der Waals surface area (Å²) >= 11 is 5.99. The second-order valence-electron chi connectivity index (χ2n) is 4.90. The van der Waals surface area contributed by atoms with Crippen LogP contribution in [0, 0.1) is 6.92 Å². The van der Waals surface area contributed by atoms with E-state index in [1.807, 2.05) is 6.92 Å². The molecule has 7 heteroatoms. The van der Waals surface area contributed by atoms with Crippen molar-refractivity contribution in [1.29, 1.82) is 0 Å². The monoisotopic (exact) mass is 329 g/mol. The third-order valence-corrected chi connectivity index (χ3v) is 3.69. The highest BCUT2D eigenvalue weighted by molar-refractivity contribution is 6.31. The minimum atomic E-state index is -0.489. The van der Waals surface area contributed by atoms with Gasteiger partial charge in [0.2, 0.25) is 5.78 Å². The van der Waals surface area contributed by atoms with Crippen molar-refractivity contribution >= 4 is 28.9 Å². The number of rotatable bonds is 3. The number of allylic oxidation sites excluding steroid dienone is 2. The molecule has 1 aromatic carbocycles. The number of methoxy groups -OCH3 is 1. The van der Waals surface area contributed by atoms with E-state index in [1.54, 1.807) is 18.2 Å². The van der Waals surface area contributed by atoms with Gasteiger partial charge >= 0.3 is 0 Å². The van der Waals surface area contributed by atoms with Crippen LogP contribution in [0.25, 0.3) is 0 Å². The first-order valence-electron chi connectivity index (χ1n) is 6.74. The molecule has 0 fully saturated rings. The van der Waals surface area contributed by atoms with E-state index < -0.39 is 11.6 Å². The molecule has 0 spiro atoms. The fourth-order valence-electron chi connectivity index (χ4n) is 2.28. The number of aryl methyl sites for hydroxylation is 1. The van der Waals surface area contributed by atoms with E-state index in [1.165, 1.54) is 19.5 Å². The molecule has 116 valence electrons. The topological polar surface area (TPSA) is 81.2 Å². The number of anilines is 1. The Morgan fingerprint density at radius 3 is 2.39 bits per heavy atom. The number of hydrogen-bond acceptors (Lipinski definition) is 6. The zero-order chi connectivity index (χ0) is 16.6. The average molecular weight is 330 g/mol. The molecule has 0 radical (unpaired) electrons. The maximum absolute atomic E-state index is 12.6. The molecule has 0 aliphatic heterocycles. The SMILES string of the molecule is COC1=C(Nc2cc(Cl)ccc2C)C(=O)c2nccnc2C1=O. The molecule has 3 rings (SSSR count). The Bertz CT molecular complexity index is 861. The van der Waals surface area contributed by atoms with Gasteiger partial charge in [-0.25, -0.2) is 9.97 Å². The van der Waals surface area contributed by atoms with Crippen molar-refractivity contribution in [2.45, 2.75) is 6.92 Å². The number of halogens is 1. The van der Waals surface area contributed by atoms with Crippen LogP contribution in [0.5, 0.6) is 0 Å². The number of hydrogen-bond donors (Lipinski definition) is 1. The largest absolute Gasteiger partial charge is 0.491 e. The normalized spacial score (nSPS) is 13.9. The summed E-state index contributed by atoms with van der Waals surface area (Å²) in [6, 6.07) is 5.21. The van der Waals surface area contributed by atoms with Gasteiger partial charge in [-0.15, -0.1) is 0 Å². The predicted molar refractivity (Wildman–Crippen MR) is 84.5 cm³/mol. The number of nitrogens with zero attached hydrogens (tertiary/aromatic N) is 2. The average Bonchev–Trinajstić information content (AvgIpc) is 2.56. The molecule has 2 aromatic rings. The highest BCUT2D eigenvalue weighted by atomic mass is 35.5. The number of ketones is 2. The number of ether oxygens (including phenoxy) is 1. The highest BCUT2D eigenvalue weighted by Gasteiger charge is 2.36. The van der Waals surface area contributed by atoms with E-state index >= 15 is 0 Å².